The van der Waals surface area contributed by atoms with Crippen molar-refractivity contribution in [3.05, 3.63) is 90.9 Å². The van der Waals surface area contributed by atoms with Gasteiger partial charge in [-0.15, -0.1) is 0 Å². The molecule has 38 heavy (non-hydrogen) atoms. The van der Waals surface area contributed by atoms with Gasteiger partial charge in [0.05, 0.1) is 16.1 Å². The van der Waals surface area contributed by atoms with Crippen LogP contribution in [0, 0.1) is 11.8 Å². The first-order chi connectivity index (χ1) is 18.5. The van der Waals surface area contributed by atoms with Gasteiger partial charge in [-0.2, -0.15) is 0 Å². The number of aromatic amines is 1. The van der Waals surface area contributed by atoms with E-state index in [4.69, 9.17) is 0 Å². The van der Waals surface area contributed by atoms with Gasteiger partial charge in [0.15, 0.2) is 5.82 Å². The van der Waals surface area contributed by atoms with Crippen LogP contribution < -0.4 is 9.62 Å². The number of H-pyrrole nitrogens is 1. The fraction of sp³-hybridized carbons (Fsp3) is 0.172. The first-order valence-electron chi connectivity index (χ1n) is 12.4. The Morgan fingerprint density at radius 1 is 1.03 bits per heavy atom. The number of aliphatic hydroxyl groups excluding tert-OH is 1. The second kappa shape index (κ2) is 9.91. The monoisotopic (exact) mass is 523 g/mol. The van der Waals surface area contributed by atoms with E-state index in [1.54, 1.807) is 48.5 Å². The molecule has 9 heteroatoms. The highest BCUT2D eigenvalue weighted by Crippen LogP contribution is 2.36. The fourth-order valence-corrected chi connectivity index (χ4v) is 6.24. The lowest BCUT2D eigenvalue weighted by Gasteiger charge is -2.25. The van der Waals surface area contributed by atoms with Crippen molar-refractivity contribution in [2.24, 2.45) is 0 Å². The zero-order valence-corrected chi connectivity index (χ0v) is 21.2. The van der Waals surface area contributed by atoms with Gasteiger partial charge in [-0.1, -0.05) is 30.0 Å². The summed E-state index contributed by atoms with van der Waals surface area (Å²) < 4.78 is 29.4. The topological polar surface area (TPSA) is 111 Å². The van der Waals surface area contributed by atoms with E-state index in [2.05, 4.69) is 32.1 Å². The normalized spacial score (nSPS) is 16.3. The van der Waals surface area contributed by atoms with Gasteiger partial charge in [0.2, 0.25) is 0 Å². The molecular formula is C29H25N5O3S. The maximum Gasteiger partial charge on any atom is 0.269 e. The average Bonchev–Trinajstić information content (AvgIpc) is 3.65. The van der Waals surface area contributed by atoms with Crippen molar-refractivity contribution < 1.29 is 13.5 Å². The third-order valence-electron chi connectivity index (χ3n) is 6.70. The van der Waals surface area contributed by atoms with Crippen LogP contribution in [0.1, 0.15) is 18.4 Å². The second-order valence-electron chi connectivity index (χ2n) is 9.18. The Balaban J connectivity index is 1.51. The van der Waals surface area contributed by atoms with Crippen LogP contribution in [-0.2, 0) is 10.0 Å². The van der Waals surface area contributed by atoms with Crippen LogP contribution in [-0.4, -0.2) is 47.2 Å². The first-order valence-corrected chi connectivity index (χ1v) is 13.8. The molecule has 1 fully saturated rings. The lowest BCUT2D eigenvalue weighted by atomic mass is 10.1. The van der Waals surface area contributed by atoms with Crippen LogP contribution in [0.3, 0.4) is 0 Å². The Hall–Kier alpha value is -4.23. The van der Waals surface area contributed by atoms with E-state index in [1.807, 2.05) is 30.5 Å². The van der Waals surface area contributed by atoms with Crippen LogP contribution in [0.4, 0.5) is 11.5 Å². The summed E-state index contributed by atoms with van der Waals surface area (Å²) in [6.07, 6.45) is 4.28. The van der Waals surface area contributed by atoms with Crippen molar-refractivity contribution in [1.29, 1.82) is 0 Å². The average molecular weight is 524 g/mol. The molecule has 6 rings (SSSR count). The molecule has 3 N–H and O–H groups in total. The quantitative estimate of drug-likeness (QED) is 0.299. The van der Waals surface area contributed by atoms with Crippen LogP contribution in [0.15, 0.2) is 90.2 Å². The molecule has 2 aromatic heterocycles. The molecule has 5 aromatic rings. The predicted molar refractivity (Wildman–Crippen MR) is 148 cm³/mol. The summed E-state index contributed by atoms with van der Waals surface area (Å²) in [5.41, 5.74) is 2.55. The number of nitrogens with zero attached hydrogens (tertiary/aromatic N) is 3. The van der Waals surface area contributed by atoms with Crippen molar-refractivity contribution in [1.82, 2.24) is 20.3 Å². The van der Waals surface area contributed by atoms with Gasteiger partial charge in [-0.25, -0.2) is 22.7 Å². The molecule has 0 aliphatic carbocycles. The van der Waals surface area contributed by atoms with E-state index in [9.17, 15) is 13.5 Å². The number of aliphatic hydroxyl groups is 1. The fourth-order valence-electron chi connectivity index (χ4n) is 4.76. The maximum absolute atomic E-state index is 14.1. The molecule has 190 valence electrons. The number of nitrogens with one attached hydrogen (secondary N) is 2. The third kappa shape index (κ3) is 4.50. The van der Waals surface area contributed by atoms with Gasteiger partial charge in [-0.05, 0) is 74.0 Å². The zero-order chi connectivity index (χ0) is 26.1. The number of aromatic nitrogens is 3. The molecule has 8 nitrogen and oxygen atoms in total. The number of sulfonamides is 1. The summed E-state index contributed by atoms with van der Waals surface area (Å²) in [7, 11) is -4.05. The van der Waals surface area contributed by atoms with E-state index in [0.29, 0.717) is 22.2 Å². The van der Waals surface area contributed by atoms with Crippen LogP contribution in [0.5, 0.6) is 0 Å². The summed E-state index contributed by atoms with van der Waals surface area (Å²) in [6, 6.07) is 20.9. The van der Waals surface area contributed by atoms with Gasteiger partial charge < -0.3 is 15.4 Å². The molecular weight excluding hydrogens is 498 g/mol. The standard InChI is InChI=1S/C29H25N5O3S/c35-28(27-7-4-15-30-27)13-9-20-8-11-26-24(17-20)29(33-19-32-26)34(38(36,37)23-5-2-1-3-6-23)22-10-12-25-21(18-22)14-16-31-25/h1-3,5-6,8,10-12,14,16-19,27-28,30-31,35H,4,7,15H2. The van der Waals surface area contributed by atoms with Crippen molar-refractivity contribution in [2.75, 3.05) is 10.8 Å². The number of rotatable bonds is 5. The van der Waals surface area contributed by atoms with E-state index in [0.717, 1.165) is 30.3 Å². The highest BCUT2D eigenvalue weighted by molar-refractivity contribution is 7.93. The number of anilines is 2. The molecule has 0 spiro atoms. The Kier molecular flexibility index (Phi) is 6.29. The highest BCUT2D eigenvalue weighted by atomic mass is 32.2. The molecule has 3 aromatic carbocycles. The van der Waals surface area contributed by atoms with Gasteiger partial charge >= 0.3 is 0 Å². The molecule has 2 atom stereocenters. The summed E-state index contributed by atoms with van der Waals surface area (Å²) in [5.74, 6) is 6.19. The smallest absolute Gasteiger partial charge is 0.269 e. The highest BCUT2D eigenvalue weighted by Gasteiger charge is 2.30. The second-order valence-corrected chi connectivity index (χ2v) is 11.0. The van der Waals surface area contributed by atoms with Gasteiger partial charge in [0, 0.05) is 34.1 Å². The first kappa shape index (κ1) is 24.1. The third-order valence-corrected chi connectivity index (χ3v) is 8.44. The molecule has 0 amide bonds. The van der Waals surface area contributed by atoms with Crippen LogP contribution in [0.2, 0.25) is 0 Å². The van der Waals surface area contributed by atoms with E-state index < -0.39 is 16.1 Å². The Morgan fingerprint density at radius 2 is 1.89 bits per heavy atom. The molecule has 0 bridgehead atoms. The van der Waals surface area contributed by atoms with Crippen LogP contribution >= 0.6 is 0 Å². The lowest BCUT2D eigenvalue weighted by molar-refractivity contribution is 0.190. The largest absolute Gasteiger partial charge is 0.379 e. The van der Waals surface area contributed by atoms with E-state index in [1.165, 1.54) is 10.6 Å². The van der Waals surface area contributed by atoms with Crippen LogP contribution in [0.25, 0.3) is 21.8 Å². The molecule has 0 radical (unpaired) electrons. The minimum absolute atomic E-state index is 0.0447. The number of hydrogen-bond donors (Lipinski definition) is 3. The predicted octanol–water partition coefficient (Wildman–Crippen LogP) is 4.10. The van der Waals surface area contributed by atoms with Crippen molar-refractivity contribution in [2.45, 2.75) is 29.9 Å². The maximum atomic E-state index is 14.1. The zero-order valence-electron chi connectivity index (χ0n) is 20.4. The minimum atomic E-state index is -4.05. The number of benzene rings is 3. The Morgan fingerprint density at radius 3 is 2.71 bits per heavy atom. The van der Waals surface area contributed by atoms with Crippen molar-refractivity contribution in [3.63, 3.8) is 0 Å². The Bertz CT molecular complexity index is 1790. The van der Waals surface area contributed by atoms with Gasteiger partial charge in [-0.3, -0.25) is 0 Å². The Labute approximate surface area is 220 Å². The summed E-state index contributed by atoms with van der Waals surface area (Å²) >= 11 is 0. The molecule has 1 aliphatic rings. The van der Waals surface area contributed by atoms with Gasteiger partial charge in [0.25, 0.3) is 10.0 Å². The van der Waals surface area contributed by atoms with Crippen molar-refractivity contribution >= 4 is 43.3 Å². The SMILES string of the molecule is O=S(=O)(c1ccccc1)N(c1ccc2[nH]ccc2c1)c1ncnc2ccc(C#CC(O)C3CCCN3)cc12. The molecule has 3 heterocycles. The molecule has 0 saturated carbocycles. The number of fused-ring (bicyclic) bond motifs is 2. The summed E-state index contributed by atoms with van der Waals surface area (Å²) in [4.78, 5) is 12.1. The lowest BCUT2D eigenvalue weighted by Crippen LogP contribution is -2.33. The summed E-state index contributed by atoms with van der Waals surface area (Å²) in [5, 5.41) is 15.1. The molecule has 1 aliphatic heterocycles. The minimum Gasteiger partial charge on any atom is -0.379 e. The molecule has 2 unspecified atom stereocenters. The van der Waals surface area contributed by atoms with Gasteiger partial charge in [0.1, 0.15) is 12.4 Å². The van der Waals surface area contributed by atoms with E-state index >= 15 is 0 Å². The molecule has 1 saturated heterocycles. The van der Waals surface area contributed by atoms with Crippen molar-refractivity contribution in [3.8, 4) is 11.8 Å². The number of hydrogen-bond acceptors (Lipinski definition) is 6. The summed E-state index contributed by atoms with van der Waals surface area (Å²) in [6.45, 7) is 0.875. The van der Waals surface area contributed by atoms with E-state index in [-0.39, 0.29) is 16.8 Å².